The van der Waals surface area contributed by atoms with E-state index in [9.17, 15) is 19.2 Å². The second-order valence-corrected chi connectivity index (χ2v) is 8.35. The Morgan fingerprint density at radius 2 is 1.74 bits per heavy atom. The predicted molar refractivity (Wildman–Crippen MR) is 130 cm³/mol. The second-order valence-electron chi connectivity index (χ2n) is 8.35. The second kappa shape index (κ2) is 11.5. The van der Waals surface area contributed by atoms with Gasteiger partial charge in [-0.25, -0.2) is 9.91 Å². The Hall–Kier alpha value is -3.88. The van der Waals surface area contributed by atoms with Crippen molar-refractivity contribution in [3.8, 4) is 11.5 Å². The van der Waals surface area contributed by atoms with Crippen LogP contribution in [0.5, 0.6) is 11.5 Å². The monoisotopic (exact) mass is 481 g/mol. The molecule has 1 aliphatic rings. The van der Waals surface area contributed by atoms with Crippen molar-refractivity contribution < 1.29 is 28.7 Å². The van der Waals surface area contributed by atoms with Crippen LogP contribution < -0.4 is 19.8 Å². The number of carbonyl (C=O) groups is 4. The molecule has 2 aromatic rings. The third kappa shape index (κ3) is 5.98. The Morgan fingerprint density at radius 1 is 1.09 bits per heavy atom. The average molecular weight is 482 g/mol. The van der Waals surface area contributed by atoms with Crippen LogP contribution in [-0.4, -0.2) is 48.4 Å². The maximum atomic E-state index is 13.3. The smallest absolute Gasteiger partial charge is 0.276 e. The van der Waals surface area contributed by atoms with Crippen molar-refractivity contribution >= 4 is 29.3 Å². The first kappa shape index (κ1) is 25.7. The number of benzene rings is 2. The van der Waals surface area contributed by atoms with Crippen LogP contribution >= 0.6 is 0 Å². The lowest BCUT2D eigenvalue weighted by molar-refractivity contribution is -0.151. The van der Waals surface area contributed by atoms with Crippen LogP contribution in [0.2, 0.25) is 0 Å². The molecule has 1 atom stereocenters. The van der Waals surface area contributed by atoms with E-state index < -0.39 is 35.6 Å². The fraction of sp³-hybridized carbons (Fsp3) is 0.385. The molecule has 35 heavy (non-hydrogen) atoms. The van der Waals surface area contributed by atoms with Gasteiger partial charge in [-0.2, -0.15) is 0 Å². The van der Waals surface area contributed by atoms with Crippen molar-refractivity contribution in [3.05, 3.63) is 54.1 Å². The third-order valence-electron chi connectivity index (χ3n) is 5.94. The molecule has 0 bridgehead atoms. The number of imide groups is 1. The number of nitrogens with one attached hydrogen (secondary N) is 1. The van der Waals surface area contributed by atoms with E-state index in [2.05, 4.69) is 5.43 Å². The van der Waals surface area contributed by atoms with Gasteiger partial charge in [-0.1, -0.05) is 26.0 Å². The molecule has 4 amide bonds. The van der Waals surface area contributed by atoms with E-state index in [1.165, 1.54) is 0 Å². The lowest BCUT2D eigenvalue weighted by Crippen LogP contribution is -2.57. The van der Waals surface area contributed by atoms with Gasteiger partial charge in [0.15, 0.2) is 6.61 Å². The summed E-state index contributed by atoms with van der Waals surface area (Å²) in [7, 11) is 1.55. The van der Waals surface area contributed by atoms with E-state index in [4.69, 9.17) is 9.47 Å². The molecule has 1 aliphatic heterocycles. The van der Waals surface area contributed by atoms with Gasteiger partial charge in [0.2, 0.25) is 11.8 Å². The Morgan fingerprint density at radius 3 is 2.34 bits per heavy atom. The number of hydrazine groups is 1. The number of hydrogen-bond acceptors (Lipinski definition) is 6. The number of aryl methyl sites for hydroxylation is 1. The summed E-state index contributed by atoms with van der Waals surface area (Å²) in [5.41, 5.74) is 3.86. The summed E-state index contributed by atoms with van der Waals surface area (Å²) < 4.78 is 10.6. The van der Waals surface area contributed by atoms with Crippen molar-refractivity contribution in [2.45, 2.75) is 46.1 Å². The number of nitrogens with zero attached hydrogens (tertiary/aromatic N) is 2. The van der Waals surface area contributed by atoms with Gasteiger partial charge in [0, 0.05) is 5.92 Å². The first-order chi connectivity index (χ1) is 16.8. The van der Waals surface area contributed by atoms with Crippen LogP contribution in [0, 0.1) is 12.8 Å². The molecule has 0 radical (unpaired) electrons. The molecule has 0 saturated carbocycles. The molecule has 2 aromatic carbocycles. The van der Waals surface area contributed by atoms with Crippen LogP contribution in [0.3, 0.4) is 0 Å². The van der Waals surface area contributed by atoms with Gasteiger partial charge >= 0.3 is 0 Å². The first-order valence-electron chi connectivity index (χ1n) is 11.6. The molecule has 0 spiro atoms. The molecule has 0 aromatic heterocycles. The van der Waals surface area contributed by atoms with Crippen LogP contribution in [0.4, 0.5) is 5.69 Å². The van der Waals surface area contributed by atoms with Crippen LogP contribution in [0.25, 0.3) is 0 Å². The highest BCUT2D eigenvalue weighted by molar-refractivity contribution is 6.23. The summed E-state index contributed by atoms with van der Waals surface area (Å²) >= 11 is 0. The van der Waals surface area contributed by atoms with Crippen molar-refractivity contribution in [2.24, 2.45) is 5.92 Å². The summed E-state index contributed by atoms with van der Waals surface area (Å²) in [4.78, 5) is 53.2. The van der Waals surface area contributed by atoms with Crippen LogP contribution in [0.15, 0.2) is 48.5 Å². The van der Waals surface area contributed by atoms with Crippen LogP contribution in [-0.2, 0) is 19.2 Å². The van der Waals surface area contributed by atoms with Gasteiger partial charge in [-0.15, -0.1) is 0 Å². The molecular weight excluding hydrogens is 450 g/mol. The van der Waals surface area contributed by atoms with Gasteiger partial charge in [-0.3, -0.25) is 24.6 Å². The summed E-state index contributed by atoms with van der Waals surface area (Å²) in [6.45, 7) is 5.20. The lowest BCUT2D eigenvalue weighted by atomic mass is 10.0. The Balaban J connectivity index is 1.78. The fourth-order valence-electron chi connectivity index (χ4n) is 3.96. The molecular formula is C26H31N3O6. The van der Waals surface area contributed by atoms with Gasteiger partial charge in [0.25, 0.3) is 11.8 Å². The average Bonchev–Trinajstić information content (AvgIpc) is 3.15. The number of methoxy groups -OCH3 is 1. The lowest BCUT2D eigenvalue weighted by Gasteiger charge is -2.30. The summed E-state index contributed by atoms with van der Waals surface area (Å²) in [5.74, 6) is -1.34. The maximum absolute atomic E-state index is 13.3. The van der Waals surface area contributed by atoms with E-state index in [1.807, 2.05) is 26.8 Å². The van der Waals surface area contributed by atoms with Crippen molar-refractivity contribution in [1.82, 2.24) is 10.4 Å². The number of rotatable bonds is 9. The number of anilines is 1. The van der Waals surface area contributed by atoms with E-state index in [0.29, 0.717) is 30.0 Å². The number of ether oxygens (including phenoxy) is 2. The molecule has 1 unspecified atom stereocenters. The van der Waals surface area contributed by atoms with E-state index in [-0.39, 0.29) is 13.0 Å². The highest BCUT2D eigenvalue weighted by Gasteiger charge is 2.46. The first-order valence-corrected chi connectivity index (χ1v) is 11.6. The van der Waals surface area contributed by atoms with Crippen LogP contribution in [0.1, 0.15) is 38.7 Å². The molecule has 9 heteroatoms. The number of amides is 4. The highest BCUT2D eigenvalue weighted by Crippen LogP contribution is 2.27. The van der Waals surface area contributed by atoms with E-state index in [1.54, 1.807) is 49.6 Å². The summed E-state index contributed by atoms with van der Waals surface area (Å²) in [6, 6.07) is 12.6. The highest BCUT2D eigenvalue weighted by atomic mass is 16.5. The topological polar surface area (TPSA) is 105 Å². The number of carbonyl (C=O) groups excluding carboxylic acids is 4. The molecule has 0 aliphatic carbocycles. The Labute approximate surface area is 205 Å². The predicted octanol–water partition coefficient (Wildman–Crippen LogP) is 3.01. The van der Waals surface area contributed by atoms with E-state index >= 15 is 0 Å². The molecule has 9 nitrogen and oxygen atoms in total. The van der Waals surface area contributed by atoms with Gasteiger partial charge in [-0.05, 0) is 61.7 Å². The van der Waals surface area contributed by atoms with Gasteiger partial charge in [0.1, 0.15) is 17.5 Å². The van der Waals surface area contributed by atoms with Crippen molar-refractivity contribution in [2.75, 3.05) is 18.6 Å². The fourth-order valence-corrected chi connectivity index (χ4v) is 3.96. The quantitative estimate of drug-likeness (QED) is 0.436. The molecule has 1 N–H and O–H groups in total. The van der Waals surface area contributed by atoms with Gasteiger partial charge < -0.3 is 9.47 Å². The standard InChI is InChI=1S/C26H31N3O6/c1-5-18(6-2)25(32)29(27-23(30)16-35-21-12-10-20(34-4)11-13-21)22-15-24(31)28(26(22)33)19-9-7-8-17(3)14-19/h7-14,18,22H,5-6,15-16H2,1-4H3,(H,27,30). The minimum Gasteiger partial charge on any atom is -0.497 e. The summed E-state index contributed by atoms with van der Waals surface area (Å²) in [6.07, 6.45) is 0.833. The molecule has 1 saturated heterocycles. The third-order valence-corrected chi connectivity index (χ3v) is 5.94. The Kier molecular flexibility index (Phi) is 8.46. The van der Waals surface area contributed by atoms with Crippen molar-refractivity contribution in [3.63, 3.8) is 0 Å². The Bertz CT molecular complexity index is 1080. The SMILES string of the molecule is CCC(CC)C(=O)N(NC(=O)COc1ccc(OC)cc1)C1CC(=O)N(c2cccc(C)c2)C1=O. The number of hydrogen-bond donors (Lipinski definition) is 1. The molecule has 186 valence electrons. The van der Waals surface area contributed by atoms with E-state index in [0.717, 1.165) is 15.5 Å². The zero-order chi connectivity index (χ0) is 25.5. The zero-order valence-electron chi connectivity index (χ0n) is 20.4. The summed E-state index contributed by atoms with van der Waals surface area (Å²) in [5, 5.41) is 1.02. The molecule has 3 rings (SSSR count). The minimum atomic E-state index is -1.14. The minimum absolute atomic E-state index is 0.224. The maximum Gasteiger partial charge on any atom is 0.276 e. The molecule has 1 fully saturated rings. The van der Waals surface area contributed by atoms with Gasteiger partial charge in [0.05, 0.1) is 19.2 Å². The largest absolute Gasteiger partial charge is 0.497 e. The normalized spacial score (nSPS) is 15.3. The zero-order valence-corrected chi connectivity index (χ0v) is 20.4. The molecule has 1 heterocycles. The van der Waals surface area contributed by atoms with Crippen molar-refractivity contribution in [1.29, 1.82) is 0 Å².